The summed E-state index contributed by atoms with van der Waals surface area (Å²) in [5, 5.41) is 11.2. The topological polar surface area (TPSA) is 59.8 Å². The van der Waals surface area contributed by atoms with Crippen molar-refractivity contribution in [1.82, 2.24) is 15.0 Å². The van der Waals surface area contributed by atoms with Crippen molar-refractivity contribution >= 4 is 11.5 Å². The lowest BCUT2D eigenvalue weighted by Gasteiger charge is -2.18. The van der Waals surface area contributed by atoms with Crippen LogP contribution in [-0.2, 0) is 13.0 Å². The lowest BCUT2D eigenvalue weighted by molar-refractivity contribution is 0.102. The molecule has 1 aliphatic rings. The summed E-state index contributed by atoms with van der Waals surface area (Å²) in [6, 6.07) is 5.87. The zero-order valence-electron chi connectivity index (χ0n) is 11.6. The number of carbonyl (C=O) groups is 1. The van der Waals surface area contributed by atoms with Crippen LogP contribution in [0.25, 0.3) is 0 Å². The minimum absolute atomic E-state index is 0.00294. The van der Waals surface area contributed by atoms with Crippen molar-refractivity contribution in [2.24, 2.45) is 0 Å². The Balaban J connectivity index is 1.92. The molecule has 0 spiro atoms. The Morgan fingerprint density at radius 2 is 2.35 bits per heavy atom. The predicted octanol–water partition coefficient (Wildman–Crippen LogP) is 2.28. The molecule has 104 valence electrons. The SMILES string of the molecule is CCCn1nncc1C(=O)c1ccc2c(c1)CCCN2. The molecule has 0 saturated carbocycles. The molecule has 0 radical (unpaired) electrons. The normalized spacial score (nSPS) is 13.7. The lowest BCUT2D eigenvalue weighted by atomic mass is 9.98. The van der Waals surface area contributed by atoms with Gasteiger partial charge in [-0.3, -0.25) is 4.79 Å². The zero-order chi connectivity index (χ0) is 13.9. The van der Waals surface area contributed by atoms with Gasteiger partial charge in [0, 0.05) is 24.3 Å². The Bertz CT molecular complexity index is 633. The van der Waals surface area contributed by atoms with Gasteiger partial charge in [-0.25, -0.2) is 4.68 Å². The molecular formula is C15H18N4O. The van der Waals surface area contributed by atoms with Crippen LogP contribution in [0.3, 0.4) is 0 Å². The molecule has 20 heavy (non-hydrogen) atoms. The summed E-state index contributed by atoms with van der Waals surface area (Å²) in [6.45, 7) is 3.78. The molecule has 0 aliphatic carbocycles. The maximum Gasteiger partial charge on any atom is 0.212 e. The fourth-order valence-electron chi connectivity index (χ4n) is 2.57. The van der Waals surface area contributed by atoms with E-state index in [1.54, 1.807) is 10.9 Å². The van der Waals surface area contributed by atoms with Gasteiger partial charge in [-0.1, -0.05) is 12.1 Å². The quantitative estimate of drug-likeness (QED) is 0.866. The summed E-state index contributed by atoms with van der Waals surface area (Å²) in [4.78, 5) is 12.6. The van der Waals surface area contributed by atoms with E-state index < -0.39 is 0 Å². The van der Waals surface area contributed by atoms with Gasteiger partial charge in [0.15, 0.2) is 0 Å². The van der Waals surface area contributed by atoms with Crippen LogP contribution in [0, 0.1) is 0 Å². The Labute approximate surface area is 118 Å². The first-order chi connectivity index (χ1) is 9.79. The second-order valence-corrected chi connectivity index (χ2v) is 5.07. The molecule has 5 nitrogen and oxygen atoms in total. The summed E-state index contributed by atoms with van der Waals surface area (Å²) < 4.78 is 1.68. The molecule has 5 heteroatoms. The standard InChI is InChI=1S/C15H18N4O/c1-2-8-19-14(10-17-18-19)15(20)12-5-6-13-11(9-12)4-3-7-16-13/h5-6,9-10,16H,2-4,7-8H2,1H3. The highest BCUT2D eigenvalue weighted by Gasteiger charge is 2.17. The van der Waals surface area contributed by atoms with Crippen molar-refractivity contribution in [3.8, 4) is 0 Å². The van der Waals surface area contributed by atoms with Crippen molar-refractivity contribution in [2.75, 3.05) is 11.9 Å². The summed E-state index contributed by atoms with van der Waals surface area (Å²) in [7, 11) is 0. The van der Waals surface area contributed by atoms with Crippen LogP contribution in [0.1, 0.15) is 41.4 Å². The van der Waals surface area contributed by atoms with Crippen molar-refractivity contribution in [3.05, 3.63) is 41.2 Å². The molecule has 1 aromatic heterocycles. The van der Waals surface area contributed by atoms with Gasteiger partial charge in [-0.2, -0.15) is 0 Å². The van der Waals surface area contributed by atoms with Gasteiger partial charge in [-0.15, -0.1) is 5.10 Å². The van der Waals surface area contributed by atoms with E-state index in [2.05, 4.69) is 22.6 Å². The van der Waals surface area contributed by atoms with Crippen molar-refractivity contribution in [2.45, 2.75) is 32.7 Å². The second-order valence-electron chi connectivity index (χ2n) is 5.07. The minimum Gasteiger partial charge on any atom is -0.385 e. The monoisotopic (exact) mass is 270 g/mol. The highest BCUT2D eigenvalue weighted by molar-refractivity contribution is 6.08. The van der Waals surface area contributed by atoms with Gasteiger partial charge in [0.25, 0.3) is 0 Å². The van der Waals surface area contributed by atoms with E-state index in [-0.39, 0.29) is 5.78 Å². The summed E-state index contributed by atoms with van der Waals surface area (Å²) in [5.41, 5.74) is 3.65. The number of anilines is 1. The second kappa shape index (κ2) is 5.45. The van der Waals surface area contributed by atoms with Crippen LogP contribution in [-0.4, -0.2) is 27.3 Å². The first-order valence-electron chi connectivity index (χ1n) is 7.09. The summed E-state index contributed by atoms with van der Waals surface area (Å²) in [5.74, 6) is -0.00294. The largest absolute Gasteiger partial charge is 0.385 e. The molecule has 0 unspecified atom stereocenters. The third kappa shape index (κ3) is 2.31. The van der Waals surface area contributed by atoms with Crippen molar-refractivity contribution < 1.29 is 4.79 Å². The van der Waals surface area contributed by atoms with E-state index in [9.17, 15) is 4.79 Å². The number of benzene rings is 1. The maximum absolute atomic E-state index is 12.6. The molecule has 2 aromatic rings. The molecule has 1 aromatic carbocycles. The highest BCUT2D eigenvalue weighted by Crippen LogP contribution is 2.24. The maximum atomic E-state index is 12.6. The molecule has 3 rings (SSSR count). The first-order valence-corrected chi connectivity index (χ1v) is 7.09. The van der Waals surface area contributed by atoms with Gasteiger partial charge in [0.2, 0.25) is 5.78 Å². The molecule has 0 atom stereocenters. The molecule has 0 amide bonds. The van der Waals surface area contributed by atoms with Gasteiger partial charge < -0.3 is 5.32 Å². The minimum atomic E-state index is -0.00294. The van der Waals surface area contributed by atoms with Crippen LogP contribution in [0.5, 0.6) is 0 Å². The van der Waals surface area contributed by atoms with Crippen LogP contribution < -0.4 is 5.32 Å². The van der Waals surface area contributed by atoms with E-state index in [0.29, 0.717) is 17.8 Å². The number of nitrogens with one attached hydrogen (secondary N) is 1. The van der Waals surface area contributed by atoms with Crippen LogP contribution in [0.2, 0.25) is 0 Å². The van der Waals surface area contributed by atoms with E-state index in [1.165, 1.54) is 5.56 Å². The summed E-state index contributed by atoms with van der Waals surface area (Å²) in [6.07, 6.45) is 4.61. The molecule has 0 saturated heterocycles. The predicted molar refractivity (Wildman–Crippen MR) is 77.0 cm³/mol. The third-order valence-electron chi connectivity index (χ3n) is 3.59. The number of aryl methyl sites for hydroxylation is 2. The fourth-order valence-corrected chi connectivity index (χ4v) is 2.57. The molecule has 1 N–H and O–H groups in total. The molecule has 0 bridgehead atoms. The number of hydrogen-bond donors (Lipinski definition) is 1. The Morgan fingerprint density at radius 1 is 1.45 bits per heavy atom. The van der Waals surface area contributed by atoms with E-state index in [1.807, 2.05) is 18.2 Å². The fraction of sp³-hybridized carbons (Fsp3) is 0.400. The van der Waals surface area contributed by atoms with E-state index in [4.69, 9.17) is 0 Å². The first kappa shape index (κ1) is 12.8. The number of carbonyl (C=O) groups excluding carboxylic acids is 1. The number of fused-ring (bicyclic) bond motifs is 1. The van der Waals surface area contributed by atoms with Crippen LogP contribution in [0.15, 0.2) is 24.4 Å². The number of hydrogen-bond acceptors (Lipinski definition) is 4. The highest BCUT2D eigenvalue weighted by atomic mass is 16.1. The number of ketones is 1. The van der Waals surface area contributed by atoms with Gasteiger partial charge in [-0.05, 0) is 43.0 Å². The zero-order valence-corrected chi connectivity index (χ0v) is 11.6. The molecule has 1 aliphatic heterocycles. The number of nitrogens with zero attached hydrogens (tertiary/aromatic N) is 3. The lowest BCUT2D eigenvalue weighted by Crippen LogP contribution is -2.14. The van der Waals surface area contributed by atoms with E-state index in [0.717, 1.165) is 31.5 Å². The van der Waals surface area contributed by atoms with Crippen LogP contribution in [0.4, 0.5) is 5.69 Å². The Morgan fingerprint density at radius 3 is 3.20 bits per heavy atom. The molecule has 0 fully saturated rings. The smallest absolute Gasteiger partial charge is 0.212 e. The Hall–Kier alpha value is -2.17. The Kier molecular flexibility index (Phi) is 3.50. The van der Waals surface area contributed by atoms with Gasteiger partial charge in [0.1, 0.15) is 5.69 Å². The number of rotatable bonds is 4. The van der Waals surface area contributed by atoms with Gasteiger partial charge in [0.05, 0.1) is 6.20 Å². The molecule has 2 heterocycles. The average Bonchev–Trinajstić information content (AvgIpc) is 2.94. The van der Waals surface area contributed by atoms with Crippen molar-refractivity contribution in [1.29, 1.82) is 0 Å². The average molecular weight is 270 g/mol. The van der Waals surface area contributed by atoms with E-state index >= 15 is 0 Å². The van der Waals surface area contributed by atoms with Crippen molar-refractivity contribution in [3.63, 3.8) is 0 Å². The number of aromatic nitrogens is 3. The van der Waals surface area contributed by atoms with Gasteiger partial charge >= 0.3 is 0 Å². The molecular weight excluding hydrogens is 252 g/mol. The third-order valence-corrected chi connectivity index (χ3v) is 3.59. The van der Waals surface area contributed by atoms with Crippen LogP contribution >= 0.6 is 0 Å². The summed E-state index contributed by atoms with van der Waals surface area (Å²) >= 11 is 0.